The van der Waals surface area contributed by atoms with E-state index < -0.39 is 5.97 Å². The first-order valence-electron chi connectivity index (χ1n) is 7.32. The van der Waals surface area contributed by atoms with Crippen molar-refractivity contribution in [2.45, 2.75) is 32.6 Å². The maximum absolute atomic E-state index is 12.1. The summed E-state index contributed by atoms with van der Waals surface area (Å²) < 4.78 is 0. The number of thiophene rings is 1. The quantitative estimate of drug-likeness (QED) is 0.819. The third kappa shape index (κ3) is 5.01. The van der Waals surface area contributed by atoms with Gasteiger partial charge in [0.05, 0.1) is 5.56 Å². The average molecular weight is 307 g/mol. The number of aliphatic carboxylic acids is 1. The van der Waals surface area contributed by atoms with Crippen molar-refractivity contribution in [3.63, 3.8) is 0 Å². The van der Waals surface area contributed by atoms with E-state index in [0.717, 1.165) is 23.4 Å². The minimum absolute atomic E-state index is 0.0700. The molecule has 2 N–H and O–H groups in total. The normalized spacial score (nSPS) is 22.3. The molecule has 1 saturated carbocycles. The summed E-state index contributed by atoms with van der Waals surface area (Å²) in [6.07, 6.45) is 7.53. The van der Waals surface area contributed by atoms with E-state index in [4.69, 9.17) is 5.11 Å². The van der Waals surface area contributed by atoms with Gasteiger partial charge in [-0.25, -0.2) is 4.79 Å². The Labute approximate surface area is 128 Å². The second-order valence-corrected chi connectivity index (χ2v) is 6.70. The zero-order chi connectivity index (χ0) is 15.2. The predicted octanol–water partition coefficient (Wildman–Crippen LogP) is 3.40. The maximum Gasteiger partial charge on any atom is 0.328 e. The summed E-state index contributed by atoms with van der Waals surface area (Å²) in [6, 6.07) is 1.73. The lowest BCUT2D eigenvalue weighted by atomic mass is 9.82. The molecule has 114 valence electrons. The van der Waals surface area contributed by atoms with E-state index in [-0.39, 0.29) is 5.91 Å². The monoisotopic (exact) mass is 307 g/mol. The van der Waals surface area contributed by atoms with Crippen molar-refractivity contribution in [3.05, 3.63) is 28.0 Å². The smallest absolute Gasteiger partial charge is 0.328 e. The first-order chi connectivity index (χ1) is 10.0. The van der Waals surface area contributed by atoms with Gasteiger partial charge < -0.3 is 10.4 Å². The SMILES string of the molecule is CC1CCCC(CNC(=O)c2csc(/C=C/C(=O)O)c2)C1. The van der Waals surface area contributed by atoms with Crippen molar-refractivity contribution in [3.8, 4) is 0 Å². The summed E-state index contributed by atoms with van der Waals surface area (Å²) >= 11 is 1.37. The molecule has 1 aromatic rings. The number of hydrogen-bond donors (Lipinski definition) is 2. The number of nitrogens with one attached hydrogen (secondary N) is 1. The van der Waals surface area contributed by atoms with Gasteiger partial charge in [0.2, 0.25) is 0 Å². The van der Waals surface area contributed by atoms with Crippen molar-refractivity contribution < 1.29 is 14.7 Å². The van der Waals surface area contributed by atoms with Crippen molar-refractivity contribution in [2.24, 2.45) is 11.8 Å². The first-order valence-corrected chi connectivity index (χ1v) is 8.20. The van der Waals surface area contributed by atoms with Crippen LogP contribution in [-0.2, 0) is 4.79 Å². The van der Waals surface area contributed by atoms with E-state index in [9.17, 15) is 9.59 Å². The van der Waals surface area contributed by atoms with E-state index >= 15 is 0 Å². The Bertz CT molecular complexity index is 535. The number of carbonyl (C=O) groups excluding carboxylic acids is 1. The minimum Gasteiger partial charge on any atom is -0.478 e. The first kappa shape index (κ1) is 15.8. The molecule has 0 aromatic carbocycles. The van der Waals surface area contributed by atoms with Crippen molar-refractivity contribution in [2.75, 3.05) is 6.54 Å². The molecule has 1 heterocycles. The van der Waals surface area contributed by atoms with E-state index in [1.807, 2.05) is 0 Å². The number of carboxylic acids is 1. The summed E-state index contributed by atoms with van der Waals surface area (Å²) in [5.41, 5.74) is 0.605. The zero-order valence-corrected chi connectivity index (χ0v) is 13.0. The standard InChI is InChI=1S/C16H21NO3S/c1-11-3-2-4-12(7-11)9-17-16(20)13-8-14(21-10-13)5-6-15(18)19/h5-6,8,10-12H,2-4,7,9H2,1H3,(H,17,20)(H,18,19)/b6-5+. The molecule has 0 saturated heterocycles. The van der Waals surface area contributed by atoms with Gasteiger partial charge in [0, 0.05) is 22.9 Å². The zero-order valence-electron chi connectivity index (χ0n) is 12.2. The lowest BCUT2D eigenvalue weighted by Gasteiger charge is -2.26. The van der Waals surface area contributed by atoms with Crippen LogP contribution in [0.3, 0.4) is 0 Å². The van der Waals surface area contributed by atoms with E-state index in [0.29, 0.717) is 11.5 Å². The molecule has 1 aliphatic rings. The molecule has 2 rings (SSSR count). The molecule has 0 bridgehead atoms. The van der Waals surface area contributed by atoms with Crippen molar-refractivity contribution in [1.29, 1.82) is 0 Å². The molecular formula is C16H21NO3S. The Morgan fingerprint density at radius 1 is 1.48 bits per heavy atom. The second-order valence-electron chi connectivity index (χ2n) is 5.76. The summed E-state index contributed by atoms with van der Waals surface area (Å²) in [7, 11) is 0. The Kier molecular flexibility index (Phi) is 5.56. The highest BCUT2D eigenvalue weighted by molar-refractivity contribution is 7.11. The average Bonchev–Trinajstić information content (AvgIpc) is 2.91. The van der Waals surface area contributed by atoms with Crippen LogP contribution in [0.5, 0.6) is 0 Å². The molecule has 1 aliphatic carbocycles. The van der Waals surface area contributed by atoms with Gasteiger partial charge in [-0.1, -0.05) is 19.8 Å². The fourth-order valence-corrected chi connectivity index (χ4v) is 3.58. The largest absolute Gasteiger partial charge is 0.478 e. The van der Waals surface area contributed by atoms with Crippen LogP contribution in [0.15, 0.2) is 17.5 Å². The van der Waals surface area contributed by atoms with Crippen molar-refractivity contribution in [1.82, 2.24) is 5.32 Å². The molecular weight excluding hydrogens is 286 g/mol. The Morgan fingerprint density at radius 2 is 2.29 bits per heavy atom. The molecule has 1 fully saturated rings. The Balaban J connectivity index is 1.84. The second kappa shape index (κ2) is 7.41. The lowest BCUT2D eigenvalue weighted by molar-refractivity contribution is -0.131. The summed E-state index contributed by atoms with van der Waals surface area (Å²) in [6.45, 7) is 3.01. The Morgan fingerprint density at radius 3 is 3.00 bits per heavy atom. The van der Waals surface area contributed by atoms with Gasteiger partial charge >= 0.3 is 5.97 Å². The van der Waals surface area contributed by atoms with Crippen LogP contribution in [0.25, 0.3) is 6.08 Å². The van der Waals surface area contributed by atoms with Gasteiger partial charge in [0.25, 0.3) is 5.91 Å². The number of carboxylic acid groups (broad SMARTS) is 1. The fourth-order valence-electron chi connectivity index (χ4n) is 2.80. The minimum atomic E-state index is -0.985. The van der Waals surface area contributed by atoms with Crippen LogP contribution in [-0.4, -0.2) is 23.5 Å². The van der Waals surface area contributed by atoms with Crippen LogP contribution in [0.4, 0.5) is 0 Å². The highest BCUT2D eigenvalue weighted by atomic mass is 32.1. The summed E-state index contributed by atoms with van der Waals surface area (Å²) in [4.78, 5) is 23.3. The maximum atomic E-state index is 12.1. The topological polar surface area (TPSA) is 66.4 Å². The van der Waals surface area contributed by atoms with Gasteiger partial charge in [0.1, 0.15) is 0 Å². The molecule has 0 spiro atoms. The third-order valence-corrected chi connectivity index (χ3v) is 4.77. The van der Waals surface area contributed by atoms with Gasteiger partial charge in [-0.05, 0) is 36.8 Å². The Hall–Kier alpha value is -1.62. The number of carbonyl (C=O) groups is 2. The molecule has 21 heavy (non-hydrogen) atoms. The molecule has 5 heteroatoms. The predicted molar refractivity (Wildman–Crippen MR) is 84.4 cm³/mol. The van der Waals surface area contributed by atoms with Crippen LogP contribution in [0.2, 0.25) is 0 Å². The van der Waals surface area contributed by atoms with E-state index in [1.54, 1.807) is 11.4 Å². The number of rotatable bonds is 5. The molecule has 0 aliphatic heterocycles. The molecule has 2 unspecified atom stereocenters. The third-order valence-electron chi connectivity index (χ3n) is 3.87. The number of hydrogen-bond acceptors (Lipinski definition) is 3. The van der Waals surface area contributed by atoms with Gasteiger partial charge in [-0.3, -0.25) is 4.79 Å². The molecule has 0 radical (unpaired) electrons. The van der Waals surface area contributed by atoms with Crippen LogP contribution in [0, 0.1) is 11.8 Å². The molecule has 2 atom stereocenters. The van der Waals surface area contributed by atoms with Crippen molar-refractivity contribution >= 4 is 29.3 Å². The van der Waals surface area contributed by atoms with Crippen LogP contribution >= 0.6 is 11.3 Å². The van der Waals surface area contributed by atoms with Crippen LogP contribution in [0.1, 0.15) is 47.8 Å². The molecule has 1 aromatic heterocycles. The summed E-state index contributed by atoms with van der Waals surface area (Å²) in [5.74, 6) is 0.289. The van der Waals surface area contributed by atoms with Crippen LogP contribution < -0.4 is 5.32 Å². The van der Waals surface area contributed by atoms with E-state index in [1.165, 1.54) is 43.1 Å². The summed E-state index contributed by atoms with van der Waals surface area (Å²) in [5, 5.41) is 13.3. The molecule has 4 nitrogen and oxygen atoms in total. The lowest BCUT2D eigenvalue weighted by Crippen LogP contribution is -2.31. The van der Waals surface area contributed by atoms with Gasteiger partial charge in [-0.2, -0.15) is 0 Å². The molecule has 1 amide bonds. The van der Waals surface area contributed by atoms with E-state index in [2.05, 4.69) is 12.2 Å². The fraction of sp³-hybridized carbons (Fsp3) is 0.500. The number of amides is 1. The highest BCUT2D eigenvalue weighted by Gasteiger charge is 2.19. The van der Waals surface area contributed by atoms with Gasteiger partial charge in [-0.15, -0.1) is 11.3 Å². The van der Waals surface area contributed by atoms with Gasteiger partial charge in [0.15, 0.2) is 0 Å². The highest BCUT2D eigenvalue weighted by Crippen LogP contribution is 2.28.